The van der Waals surface area contributed by atoms with E-state index in [-0.39, 0.29) is 0 Å². The van der Waals surface area contributed by atoms with E-state index in [0.29, 0.717) is 13.1 Å². The molecule has 0 aliphatic carbocycles. The van der Waals surface area contributed by atoms with Crippen LogP contribution in [-0.4, -0.2) is 17.9 Å². The molecule has 0 bridgehead atoms. The molecule has 1 aliphatic heterocycles. The van der Waals surface area contributed by atoms with E-state index in [9.17, 15) is 4.21 Å². The second-order valence-corrected chi connectivity index (χ2v) is 5.13. The summed E-state index contributed by atoms with van der Waals surface area (Å²) in [6.45, 7) is 1.34. The van der Waals surface area contributed by atoms with E-state index in [2.05, 4.69) is 21.6 Å². The molecule has 0 saturated carbocycles. The molecule has 2 rings (SSSR count). The average molecular weight is 205 g/mol. The van der Waals surface area contributed by atoms with E-state index in [1.807, 2.05) is 0 Å². The molecule has 1 aromatic heterocycles. The third-order valence-corrected chi connectivity index (χ3v) is 2.82. The molecule has 7 heteroatoms. The Balaban J connectivity index is 2.51. The molecule has 1 unspecified atom stereocenters. The third kappa shape index (κ3) is 1.24. The Hall–Kier alpha value is -0.500. The quantitative estimate of drug-likeness (QED) is 0.645. The molecule has 2 heterocycles. The number of nitrogens with one attached hydrogen (secondary N) is 1. The summed E-state index contributed by atoms with van der Waals surface area (Å²) in [6, 6.07) is 0. The predicted octanol–water partition coefficient (Wildman–Crippen LogP) is -0.531. The van der Waals surface area contributed by atoms with Gasteiger partial charge in [0, 0.05) is 36.0 Å². The normalized spacial score (nSPS) is 20.4. The van der Waals surface area contributed by atoms with Crippen molar-refractivity contribution < 1.29 is 8.76 Å². The van der Waals surface area contributed by atoms with Crippen molar-refractivity contribution in [1.29, 1.82) is 0 Å². The molecular weight excluding hydrogens is 198 g/mol. The summed E-state index contributed by atoms with van der Waals surface area (Å²) in [5.41, 5.74) is 1.75. The highest BCUT2D eigenvalue weighted by Gasteiger charge is 2.17. The lowest BCUT2D eigenvalue weighted by Gasteiger charge is -1.97. The smallest absolute Gasteiger partial charge is 0.251 e. The first kappa shape index (κ1) is 8.11. The monoisotopic (exact) mass is 205 g/mol. The van der Waals surface area contributed by atoms with Gasteiger partial charge in [0.2, 0.25) is 0 Å². The van der Waals surface area contributed by atoms with Crippen LogP contribution in [0.5, 0.6) is 0 Å². The number of hydrogen-bond acceptors (Lipinski definition) is 4. The van der Waals surface area contributed by atoms with E-state index < -0.39 is 8.96 Å². The number of nitrogens with zero attached hydrogens (tertiary/aromatic N) is 2. The van der Waals surface area contributed by atoms with Crippen LogP contribution in [0.25, 0.3) is 0 Å². The van der Waals surface area contributed by atoms with Crippen LogP contribution < -0.4 is 5.32 Å². The van der Waals surface area contributed by atoms with Gasteiger partial charge in [-0.1, -0.05) is 0 Å². The van der Waals surface area contributed by atoms with E-state index in [1.54, 1.807) is 0 Å². The fourth-order valence-electron chi connectivity index (χ4n) is 1.15. The van der Waals surface area contributed by atoms with Crippen LogP contribution in [0, 0.1) is 0 Å². The summed E-state index contributed by atoms with van der Waals surface area (Å²) >= 11 is 4.36. The topological polar surface area (TPSA) is 67.1 Å². The molecule has 0 fully saturated rings. The minimum atomic E-state index is -3.37. The maximum atomic E-state index is 10.9. The molecule has 0 radical (unpaired) electrons. The highest BCUT2D eigenvalue weighted by Crippen LogP contribution is 2.13. The largest absolute Gasteiger partial charge is 0.307 e. The van der Waals surface area contributed by atoms with Gasteiger partial charge < -0.3 is 5.32 Å². The fourth-order valence-corrected chi connectivity index (χ4v) is 1.84. The van der Waals surface area contributed by atoms with Crippen LogP contribution in [0.4, 0.5) is 0 Å². The van der Waals surface area contributed by atoms with Crippen LogP contribution in [-0.2, 0) is 33.2 Å². The molecular formula is C5H7N3O2S2. The Morgan fingerprint density at radius 1 is 1.75 bits per heavy atom. The highest BCUT2D eigenvalue weighted by atomic mass is 32.8. The maximum Gasteiger partial charge on any atom is 0.251 e. The summed E-state index contributed by atoms with van der Waals surface area (Å²) in [6.07, 6.45) is 1.52. The zero-order valence-corrected chi connectivity index (χ0v) is 7.69. The Morgan fingerprint density at radius 3 is 3.08 bits per heavy atom. The summed E-state index contributed by atoms with van der Waals surface area (Å²) in [4.78, 5) is 0. The molecule has 66 valence electrons. The highest BCUT2D eigenvalue weighted by molar-refractivity contribution is 8.28. The first-order chi connectivity index (χ1) is 5.57. The molecule has 1 aromatic rings. The molecule has 0 aromatic carbocycles. The average Bonchev–Trinajstić information content (AvgIpc) is 2.37. The Morgan fingerprint density at radius 2 is 2.50 bits per heavy atom. The molecule has 12 heavy (non-hydrogen) atoms. The van der Waals surface area contributed by atoms with Crippen molar-refractivity contribution in [3.8, 4) is 0 Å². The van der Waals surface area contributed by atoms with Crippen LogP contribution in [0.15, 0.2) is 6.20 Å². The molecule has 0 spiro atoms. The number of fused-ring (bicyclic) bond motifs is 1. The van der Waals surface area contributed by atoms with Gasteiger partial charge >= 0.3 is 0 Å². The van der Waals surface area contributed by atoms with E-state index in [0.717, 1.165) is 15.3 Å². The van der Waals surface area contributed by atoms with Crippen molar-refractivity contribution in [2.75, 3.05) is 0 Å². The van der Waals surface area contributed by atoms with Gasteiger partial charge in [-0.05, 0) is 0 Å². The summed E-state index contributed by atoms with van der Waals surface area (Å²) in [5.74, 6) is 0. The van der Waals surface area contributed by atoms with E-state index in [4.69, 9.17) is 4.55 Å². The zero-order valence-electron chi connectivity index (χ0n) is 6.06. The maximum absolute atomic E-state index is 10.9. The van der Waals surface area contributed by atoms with Gasteiger partial charge in [0.1, 0.15) is 0 Å². The zero-order chi connectivity index (χ0) is 8.77. The molecule has 1 atom stereocenters. The number of rotatable bonds is 1. The van der Waals surface area contributed by atoms with Crippen molar-refractivity contribution in [1.82, 2.24) is 14.5 Å². The fraction of sp³-hybridized carbons (Fsp3) is 0.400. The lowest BCUT2D eigenvalue weighted by Crippen LogP contribution is -2.12. The van der Waals surface area contributed by atoms with Crippen molar-refractivity contribution >= 4 is 20.1 Å². The Kier molecular flexibility index (Phi) is 1.69. The van der Waals surface area contributed by atoms with Crippen molar-refractivity contribution in [2.45, 2.75) is 13.1 Å². The van der Waals surface area contributed by atoms with Gasteiger partial charge in [-0.3, -0.25) is 4.55 Å². The Bertz CT molecular complexity index is 387. The van der Waals surface area contributed by atoms with E-state index >= 15 is 0 Å². The molecule has 2 N–H and O–H groups in total. The summed E-state index contributed by atoms with van der Waals surface area (Å²) in [5, 5.41) is 6.95. The van der Waals surface area contributed by atoms with Crippen LogP contribution in [0.1, 0.15) is 11.3 Å². The lowest BCUT2D eigenvalue weighted by atomic mass is 10.3. The number of aromatic nitrogens is 2. The van der Waals surface area contributed by atoms with Gasteiger partial charge in [-0.2, -0.15) is 9.19 Å². The standard InChI is InChI=1S/C5H7N3O2S2/c9-12(10,11)8-3-4-1-6-2-5(4)7-8/h3,6H,1-2H2,(H,9,10,11). The van der Waals surface area contributed by atoms with E-state index in [1.165, 1.54) is 6.20 Å². The molecule has 5 nitrogen and oxygen atoms in total. The first-order valence-electron chi connectivity index (χ1n) is 3.33. The van der Waals surface area contributed by atoms with Crippen LogP contribution >= 0.6 is 0 Å². The minimum Gasteiger partial charge on any atom is -0.307 e. The van der Waals surface area contributed by atoms with Gasteiger partial charge in [-0.15, -0.1) is 0 Å². The predicted molar refractivity (Wildman–Crippen MR) is 46.3 cm³/mol. The summed E-state index contributed by atoms with van der Waals surface area (Å²) < 4.78 is 20.9. The lowest BCUT2D eigenvalue weighted by molar-refractivity contribution is 0.542. The minimum absolute atomic E-state index is 0.646. The first-order valence-corrected chi connectivity index (χ1v) is 5.73. The Labute approximate surface area is 74.4 Å². The molecule has 0 amide bonds. The van der Waals surface area contributed by atoms with Gasteiger partial charge in [0.15, 0.2) is 0 Å². The second kappa shape index (κ2) is 2.49. The molecule has 1 aliphatic rings. The van der Waals surface area contributed by atoms with Gasteiger partial charge in [-0.25, -0.2) is 4.21 Å². The van der Waals surface area contributed by atoms with Crippen molar-refractivity contribution in [3.05, 3.63) is 17.5 Å². The third-order valence-electron chi connectivity index (χ3n) is 1.70. The second-order valence-electron chi connectivity index (χ2n) is 2.55. The van der Waals surface area contributed by atoms with Crippen LogP contribution in [0.2, 0.25) is 0 Å². The van der Waals surface area contributed by atoms with Gasteiger partial charge in [0.05, 0.1) is 5.69 Å². The number of hydrogen-bond donors (Lipinski definition) is 2. The summed E-state index contributed by atoms with van der Waals surface area (Å²) in [7, 11) is -3.37. The SMILES string of the molecule is O=S(O)(=S)n1cc2c(n1)CNC2. The van der Waals surface area contributed by atoms with Crippen molar-refractivity contribution in [3.63, 3.8) is 0 Å². The van der Waals surface area contributed by atoms with Crippen LogP contribution in [0.3, 0.4) is 0 Å². The van der Waals surface area contributed by atoms with Gasteiger partial charge in [0.25, 0.3) is 8.96 Å². The van der Waals surface area contributed by atoms with Crippen molar-refractivity contribution in [2.24, 2.45) is 0 Å². The molecule has 0 saturated heterocycles.